The third-order valence-corrected chi connectivity index (χ3v) is 6.39. The molecule has 0 aromatic carbocycles. The van der Waals surface area contributed by atoms with E-state index >= 15 is 0 Å². The largest absolute Gasteiger partial charge is 0.472 e. The van der Waals surface area contributed by atoms with Crippen molar-refractivity contribution < 1.29 is 37.6 Å². The molecule has 8 nitrogen and oxygen atoms in total. The number of aliphatic hydroxyl groups is 1. The lowest BCUT2D eigenvalue weighted by molar-refractivity contribution is -0.870. The van der Waals surface area contributed by atoms with Crippen LogP contribution in [0.25, 0.3) is 0 Å². The van der Waals surface area contributed by atoms with Crippen LogP contribution in [0.5, 0.6) is 0 Å². The number of phosphoric ester groups is 1. The van der Waals surface area contributed by atoms with Crippen LogP contribution in [0.1, 0.15) is 84.0 Å². The van der Waals surface area contributed by atoms with Gasteiger partial charge in [0.2, 0.25) is 0 Å². The molecule has 9 heteroatoms. The number of quaternary nitrogens is 1. The van der Waals surface area contributed by atoms with E-state index < -0.39 is 26.5 Å². The first-order valence-corrected chi connectivity index (χ1v) is 15.3. The molecule has 0 spiro atoms. The van der Waals surface area contributed by atoms with E-state index in [1.807, 2.05) is 27.2 Å². The van der Waals surface area contributed by atoms with Crippen LogP contribution in [0.3, 0.4) is 0 Å². The van der Waals surface area contributed by atoms with E-state index in [1.54, 1.807) is 0 Å². The Kier molecular flexibility index (Phi) is 21.9. The maximum absolute atomic E-state index is 11.8. The number of carbonyl (C=O) groups is 1. The Morgan fingerprint density at radius 3 is 2.03 bits per heavy atom. The summed E-state index contributed by atoms with van der Waals surface area (Å²) < 4.78 is 27.0. The molecule has 0 aromatic rings. The second kappa shape index (κ2) is 22.7. The van der Waals surface area contributed by atoms with Crippen molar-refractivity contribution in [1.82, 2.24) is 0 Å². The van der Waals surface area contributed by atoms with Crippen LogP contribution >= 0.6 is 7.82 Å². The quantitative estimate of drug-likeness (QED) is 0.0496. The zero-order chi connectivity index (χ0) is 27.8. The van der Waals surface area contributed by atoms with Crippen molar-refractivity contribution in [3.8, 4) is 0 Å². The molecule has 0 saturated carbocycles. The Hall–Kier alpha value is -1.28. The van der Waals surface area contributed by atoms with Gasteiger partial charge in [0.1, 0.15) is 25.9 Å². The summed E-state index contributed by atoms with van der Waals surface area (Å²) in [5.74, 6) is -0.425. The van der Waals surface area contributed by atoms with E-state index in [9.17, 15) is 19.4 Å². The van der Waals surface area contributed by atoms with Crippen LogP contribution in [0.4, 0.5) is 0 Å². The van der Waals surface area contributed by atoms with Gasteiger partial charge in [-0.15, -0.1) is 0 Å². The molecule has 0 aliphatic rings. The summed E-state index contributed by atoms with van der Waals surface area (Å²) in [7, 11) is 1.53. The average molecular weight is 547 g/mol. The van der Waals surface area contributed by atoms with Gasteiger partial charge in [0.05, 0.1) is 27.7 Å². The van der Waals surface area contributed by atoms with Gasteiger partial charge in [-0.05, 0) is 38.5 Å². The third-order valence-electron chi connectivity index (χ3n) is 5.40. The van der Waals surface area contributed by atoms with Crippen molar-refractivity contribution in [3.05, 3.63) is 36.5 Å². The van der Waals surface area contributed by atoms with Crippen molar-refractivity contribution in [2.75, 3.05) is 47.5 Å². The molecule has 0 rings (SSSR count). The highest BCUT2D eigenvalue weighted by Gasteiger charge is 2.24. The highest BCUT2D eigenvalue weighted by Crippen LogP contribution is 2.43. The number of phosphoric acid groups is 1. The molecule has 216 valence electrons. The maximum atomic E-state index is 11.8. The minimum atomic E-state index is -4.25. The van der Waals surface area contributed by atoms with Crippen molar-refractivity contribution >= 4 is 13.8 Å². The predicted octanol–water partition coefficient (Wildman–Crippen LogP) is 6.10. The topological polar surface area (TPSA) is 102 Å². The summed E-state index contributed by atoms with van der Waals surface area (Å²) in [6.45, 7) is 2.05. The first-order chi connectivity index (χ1) is 17.6. The molecule has 0 fully saturated rings. The molecule has 37 heavy (non-hydrogen) atoms. The second-order valence-electron chi connectivity index (χ2n) is 10.3. The predicted molar refractivity (Wildman–Crippen MR) is 150 cm³/mol. The van der Waals surface area contributed by atoms with Crippen molar-refractivity contribution in [2.45, 2.75) is 90.1 Å². The summed E-state index contributed by atoms with van der Waals surface area (Å²) in [4.78, 5) is 21.4. The lowest BCUT2D eigenvalue weighted by Crippen LogP contribution is -2.37. The average Bonchev–Trinajstić information content (AvgIpc) is 2.82. The minimum Gasteiger partial charge on any atom is -0.463 e. The van der Waals surface area contributed by atoms with E-state index in [0.717, 1.165) is 19.3 Å². The molecular formula is C28H53NO7P+. The second-order valence-corrected chi connectivity index (χ2v) is 11.7. The summed E-state index contributed by atoms with van der Waals surface area (Å²) in [6, 6.07) is 0. The Balaban J connectivity index is 3.71. The first kappa shape index (κ1) is 35.7. The van der Waals surface area contributed by atoms with E-state index in [2.05, 4.69) is 37.3 Å². The normalized spacial score (nSPS) is 15.1. The highest BCUT2D eigenvalue weighted by molar-refractivity contribution is 7.47. The van der Waals surface area contributed by atoms with Crippen LogP contribution in [0.15, 0.2) is 36.5 Å². The number of nitrogens with zero attached hydrogens (tertiary/aromatic N) is 1. The summed E-state index contributed by atoms with van der Waals surface area (Å²) in [5.41, 5.74) is 0. The Labute approximate surface area is 225 Å². The molecule has 2 atom stereocenters. The Morgan fingerprint density at radius 2 is 1.41 bits per heavy atom. The van der Waals surface area contributed by atoms with Gasteiger partial charge in [-0.1, -0.05) is 75.5 Å². The van der Waals surface area contributed by atoms with Gasteiger partial charge < -0.3 is 19.2 Å². The van der Waals surface area contributed by atoms with Crippen molar-refractivity contribution in [1.29, 1.82) is 0 Å². The van der Waals surface area contributed by atoms with Crippen molar-refractivity contribution in [2.24, 2.45) is 0 Å². The van der Waals surface area contributed by atoms with Gasteiger partial charge in [-0.25, -0.2) is 4.57 Å². The van der Waals surface area contributed by atoms with E-state index in [0.29, 0.717) is 17.4 Å². The number of likely N-dealkylation sites (N-methyl/N-ethyl adjacent to an activating group) is 1. The Morgan fingerprint density at radius 1 is 0.838 bits per heavy atom. The zero-order valence-corrected chi connectivity index (χ0v) is 24.6. The number of carbonyl (C=O) groups excluding carboxylic acids is 1. The molecule has 0 aromatic heterocycles. The zero-order valence-electron chi connectivity index (χ0n) is 23.7. The molecular weight excluding hydrogens is 493 g/mol. The number of aliphatic hydroxyl groups excluding tert-OH is 1. The number of ether oxygens (including phenoxy) is 1. The van der Waals surface area contributed by atoms with Crippen LogP contribution in [0, 0.1) is 0 Å². The molecule has 1 unspecified atom stereocenters. The van der Waals surface area contributed by atoms with Gasteiger partial charge in [0.25, 0.3) is 0 Å². The van der Waals surface area contributed by atoms with Gasteiger partial charge in [0.15, 0.2) is 0 Å². The monoisotopic (exact) mass is 546 g/mol. The van der Waals surface area contributed by atoms with Crippen LogP contribution in [-0.2, 0) is 23.1 Å². The smallest absolute Gasteiger partial charge is 0.463 e. The third kappa shape index (κ3) is 27.6. The molecule has 0 heterocycles. The number of unbranched alkanes of at least 4 members (excludes halogenated alkanes) is 7. The van der Waals surface area contributed by atoms with Gasteiger partial charge in [-0.2, -0.15) is 0 Å². The highest BCUT2D eigenvalue weighted by atomic mass is 31.2. The summed E-state index contributed by atoms with van der Waals surface area (Å²) >= 11 is 0. The molecule has 0 saturated heterocycles. The van der Waals surface area contributed by atoms with Crippen LogP contribution in [-0.4, -0.2) is 74.1 Å². The molecule has 0 amide bonds. The van der Waals surface area contributed by atoms with Gasteiger partial charge >= 0.3 is 13.8 Å². The Bertz CT molecular complexity index is 701. The number of allylic oxidation sites excluding steroid dienone is 6. The minimum absolute atomic E-state index is 0.0454. The maximum Gasteiger partial charge on any atom is 0.472 e. The standard InChI is InChI=1S/C28H52NO7P/c1-5-6-7-8-9-10-11-12-13-14-15-16-17-18-19-20-21-22-28(31)34-25-27(30)26-36-37(32,33)35-24-23-29(2,3)4/h12-13,15-16,18-19,27,30H,5-11,14,17,20-26H2,1-4H3/p+1/b13-12+,16-15+,19-18+/t27-/m1/s1. The molecule has 2 N–H and O–H groups in total. The number of hydrogen-bond donors (Lipinski definition) is 2. The lowest BCUT2D eigenvalue weighted by Gasteiger charge is -2.24. The number of hydrogen-bond acceptors (Lipinski definition) is 6. The molecule has 0 bridgehead atoms. The van der Waals surface area contributed by atoms with Gasteiger partial charge in [-0.3, -0.25) is 13.8 Å². The van der Waals surface area contributed by atoms with Crippen molar-refractivity contribution in [3.63, 3.8) is 0 Å². The molecule has 0 aliphatic heterocycles. The molecule has 0 aliphatic carbocycles. The van der Waals surface area contributed by atoms with Crippen LogP contribution in [0.2, 0.25) is 0 Å². The fourth-order valence-electron chi connectivity index (χ4n) is 3.14. The SMILES string of the molecule is CCCCCCCC/C=C/C/C=C/C/C=C/CCCC(=O)OC[C@@H](O)COP(=O)(O)OCC[N+](C)(C)C. The number of rotatable bonds is 24. The summed E-state index contributed by atoms with van der Waals surface area (Å²) in [6.07, 6.45) is 24.4. The van der Waals surface area contributed by atoms with E-state index in [-0.39, 0.29) is 19.6 Å². The lowest BCUT2D eigenvalue weighted by atomic mass is 10.1. The number of esters is 1. The fraction of sp³-hybridized carbons (Fsp3) is 0.750. The van der Waals surface area contributed by atoms with Gasteiger partial charge in [0, 0.05) is 6.42 Å². The van der Waals surface area contributed by atoms with Crippen LogP contribution < -0.4 is 0 Å². The van der Waals surface area contributed by atoms with E-state index in [4.69, 9.17) is 13.8 Å². The summed E-state index contributed by atoms with van der Waals surface area (Å²) in [5, 5.41) is 9.82. The first-order valence-electron chi connectivity index (χ1n) is 13.8. The fourth-order valence-corrected chi connectivity index (χ4v) is 3.89. The molecule has 0 radical (unpaired) electrons. The van der Waals surface area contributed by atoms with E-state index in [1.165, 1.54) is 44.9 Å².